The highest BCUT2D eigenvalue weighted by molar-refractivity contribution is 7.84. The molecule has 0 fully saturated rings. The lowest BCUT2D eigenvalue weighted by molar-refractivity contribution is 0.171. The summed E-state index contributed by atoms with van der Waals surface area (Å²) in [5, 5.41) is 0. The van der Waals surface area contributed by atoms with Crippen molar-refractivity contribution in [1.82, 2.24) is 0 Å². The summed E-state index contributed by atoms with van der Waals surface area (Å²) >= 11 is 0. The summed E-state index contributed by atoms with van der Waals surface area (Å²) in [5.41, 5.74) is 7.37. The minimum Gasteiger partial charge on any atom is -0.486 e. The van der Waals surface area contributed by atoms with Crippen molar-refractivity contribution in [3.8, 4) is 11.5 Å². The summed E-state index contributed by atoms with van der Waals surface area (Å²) < 4.78 is 23.3. The van der Waals surface area contributed by atoms with Gasteiger partial charge in [-0.3, -0.25) is 4.21 Å². The fourth-order valence-electron chi connectivity index (χ4n) is 2.08. The third-order valence-corrected chi connectivity index (χ3v) is 4.40. The van der Waals surface area contributed by atoms with Crippen molar-refractivity contribution in [2.24, 2.45) is 0 Å². The molecule has 0 amide bonds. The molecule has 104 valence electrons. The predicted octanol–water partition coefficient (Wildman–Crippen LogP) is 2.35. The standard InChI is InChI=1S/C15H15NO3S/c16-12-3-1-2-11(8-12)10-20(17)13-4-5-14-15(9-13)19-7-6-18-14/h1-5,8-9H,6-7,10,16H2. The van der Waals surface area contributed by atoms with E-state index in [0.29, 0.717) is 36.2 Å². The Hall–Kier alpha value is -2.01. The quantitative estimate of drug-likeness (QED) is 0.881. The van der Waals surface area contributed by atoms with Crippen molar-refractivity contribution >= 4 is 16.5 Å². The van der Waals surface area contributed by atoms with Gasteiger partial charge in [-0.1, -0.05) is 12.1 Å². The van der Waals surface area contributed by atoms with Gasteiger partial charge in [-0.2, -0.15) is 0 Å². The number of hydrogen-bond donors (Lipinski definition) is 1. The molecule has 1 unspecified atom stereocenters. The molecule has 2 N–H and O–H groups in total. The Balaban J connectivity index is 1.80. The fraction of sp³-hybridized carbons (Fsp3) is 0.200. The minimum absolute atomic E-state index is 0.435. The van der Waals surface area contributed by atoms with Crippen LogP contribution in [0.1, 0.15) is 5.56 Å². The van der Waals surface area contributed by atoms with Crippen molar-refractivity contribution in [1.29, 1.82) is 0 Å². The van der Waals surface area contributed by atoms with Gasteiger partial charge in [0.15, 0.2) is 11.5 Å². The SMILES string of the molecule is Nc1cccc(CS(=O)c2ccc3c(c2)OCCO3)c1. The molecular weight excluding hydrogens is 274 g/mol. The van der Waals surface area contributed by atoms with Crippen LogP contribution in [-0.4, -0.2) is 17.4 Å². The van der Waals surface area contributed by atoms with Crippen LogP contribution >= 0.6 is 0 Å². The zero-order chi connectivity index (χ0) is 13.9. The smallest absolute Gasteiger partial charge is 0.162 e. The monoisotopic (exact) mass is 289 g/mol. The number of anilines is 1. The highest BCUT2D eigenvalue weighted by Gasteiger charge is 2.14. The maximum atomic E-state index is 12.4. The van der Waals surface area contributed by atoms with Crippen LogP contribution in [0, 0.1) is 0 Å². The van der Waals surface area contributed by atoms with Gasteiger partial charge in [-0.25, -0.2) is 0 Å². The predicted molar refractivity (Wildman–Crippen MR) is 78.4 cm³/mol. The van der Waals surface area contributed by atoms with Crippen molar-refractivity contribution in [3.63, 3.8) is 0 Å². The van der Waals surface area contributed by atoms with Gasteiger partial charge in [-0.15, -0.1) is 0 Å². The molecule has 0 aromatic heterocycles. The number of fused-ring (bicyclic) bond motifs is 1. The van der Waals surface area contributed by atoms with Gasteiger partial charge in [0.25, 0.3) is 0 Å². The summed E-state index contributed by atoms with van der Waals surface area (Å²) in [6.07, 6.45) is 0. The van der Waals surface area contributed by atoms with Gasteiger partial charge in [-0.05, 0) is 29.8 Å². The van der Waals surface area contributed by atoms with Gasteiger partial charge >= 0.3 is 0 Å². The van der Waals surface area contributed by atoms with Crippen LogP contribution in [0.15, 0.2) is 47.4 Å². The van der Waals surface area contributed by atoms with Crippen LogP contribution in [0.4, 0.5) is 5.69 Å². The van der Waals surface area contributed by atoms with E-state index in [1.54, 1.807) is 12.1 Å². The molecule has 2 aromatic carbocycles. The van der Waals surface area contributed by atoms with E-state index in [9.17, 15) is 4.21 Å². The molecule has 1 heterocycles. The molecule has 0 spiro atoms. The van der Waals surface area contributed by atoms with Gasteiger partial charge in [0.1, 0.15) is 13.2 Å². The second-order valence-electron chi connectivity index (χ2n) is 4.54. The molecule has 2 aromatic rings. The van der Waals surface area contributed by atoms with Gasteiger partial charge in [0.2, 0.25) is 0 Å². The maximum absolute atomic E-state index is 12.4. The highest BCUT2D eigenvalue weighted by atomic mass is 32.2. The van der Waals surface area contributed by atoms with Gasteiger partial charge in [0.05, 0.1) is 16.6 Å². The Morgan fingerprint density at radius 3 is 2.65 bits per heavy atom. The zero-order valence-corrected chi connectivity index (χ0v) is 11.7. The minimum atomic E-state index is -1.13. The number of rotatable bonds is 3. The zero-order valence-electron chi connectivity index (χ0n) is 10.9. The second-order valence-corrected chi connectivity index (χ2v) is 5.99. The van der Waals surface area contributed by atoms with Crippen molar-refractivity contribution < 1.29 is 13.7 Å². The number of nitrogen functional groups attached to an aromatic ring is 1. The highest BCUT2D eigenvalue weighted by Crippen LogP contribution is 2.32. The van der Waals surface area contributed by atoms with Crippen molar-refractivity contribution in [2.75, 3.05) is 18.9 Å². The van der Waals surface area contributed by atoms with Crippen LogP contribution in [0.3, 0.4) is 0 Å². The summed E-state index contributed by atoms with van der Waals surface area (Å²) in [7, 11) is -1.13. The van der Waals surface area contributed by atoms with E-state index >= 15 is 0 Å². The molecule has 1 atom stereocenters. The summed E-state index contributed by atoms with van der Waals surface area (Å²) in [6.45, 7) is 1.08. The number of benzene rings is 2. The van der Waals surface area contributed by atoms with E-state index in [-0.39, 0.29) is 0 Å². The lowest BCUT2D eigenvalue weighted by atomic mass is 10.2. The lowest BCUT2D eigenvalue weighted by Gasteiger charge is -2.18. The Kier molecular flexibility index (Phi) is 3.60. The van der Waals surface area contributed by atoms with E-state index in [4.69, 9.17) is 15.2 Å². The Bertz CT molecular complexity index is 657. The van der Waals surface area contributed by atoms with E-state index in [1.807, 2.05) is 30.3 Å². The molecule has 4 nitrogen and oxygen atoms in total. The van der Waals surface area contributed by atoms with Crippen LogP contribution in [0.5, 0.6) is 11.5 Å². The average molecular weight is 289 g/mol. The van der Waals surface area contributed by atoms with Gasteiger partial charge < -0.3 is 15.2 Å². The van der Waals surface area contributed by atoms with Crippen LogP contribution in [-0.2, 0) is 16.6 Å². The van der Waals surface area contributed by atoms with E-state index in [2.05, 4.69) is 0 Å². The number of ether oxygens (including phenoxy) is 2. The molecule has 1 aliphatic rings. The fourth-order valence-corrected chi connectivity index (χ4v) is 3.19. The molecule has 0 radical (unpaired) electrons. The summed E-state index contributed by atoms with van der Waals surface area (Å²) in [5.74, 6) is 1.81. The molecule has 0 aliphatic carbocycles. The van der Waals surface area contributed by atoms with E-state index < -0.39 is 10.8 Å². The molecule has 3 rings (SSSR count). The Morgan fingerprint density at radius 2 is 1.85 bits per heavy atom. The van der Waals surface area contributed by atoms with Gasteiger partial charge in [0, 0.05) is 16.6 Å². The summed E-state index contributed by atoms with van der Waals surface area (Å²) in [4.78, 5) is 0.733. The van der Waals surface area contributed by atoms with E-state index in [0.717, 1.165) is 10.5 Å². The topological polar surface area (TPSA) is 61.6 Å². The third-order valence-electron chi connectivity index (χ3n) is 3.03. The normalized spacial score (nSPS) is 14.8. The first-order chi connectivity index (χ1) is 9.72. The van der Waals surface area contributed by atoms with Crippen LogP contribution in [0.2, 0.25) is 0 Å². The summed E-state index contributed by atoms with van der Waals surface area (Å²) in [6, 6.07) is 12.9. The first-order valence-corrected chi connectivity index (χ1v) is 7.67. The first-order valence-electron chi connectivity index (χ1n) is 6.35. The number of hydrogen-bond acceptors (Lipinski definition) is 4. The van der Waals surface area contributed by atoms with Crippen LogP contribution < -0.4 is 15.2 Å². The van der Waals surface area contributed by atoms with Crippen molar-refractivity contribution in [2.45, 2.75) is 10.6 Å². The molecule has 5 heteroatoms. The Morgan fingerprint density at radius 1 is 1.05 bits per heavy atom. The molecule has 20 heavy (non-hydrogen) atoms. The maximum Gasteiger partial charge on any atom is 0.162 e. The average Bonchev–Trinajstić information content (AvgIpc) is 2.47. The van der Waals surface area contributed by atoms with E-state index in [1.165, 1.54) is 0 Å². The molecule has 0 bridgehead atoms. The lowest BCUT2D eigenvalue weighted by Crippen LogP contribution is -2.15. The van der Waals surface area contributed by atoms with Crippen molar-refractivity contribution in [3.05, 3.63) is 48.0 Å². The first kappa shape index (κ1) is 13.0. The van der Waals surface area contributed by atoms with Crippen LogP contribution in [0.25, 0.3) is 0 Å². The third kappa shape index (κ3) is 2.77. The molecule has 1 aliphatic heterocycles. The second kappa shape index (κ2) is 5.54. The molecular formula is C15H15NO3S. The molecule has 0 saturated carbocycles. The largest absolute Gasteiger partial charge is 0.486 e. The molecule has 0 saturated heterocycles. The number of nitrogens with two attached hydrogens (primary N) is 1. The Labute approximate surface area is 120 Å².